The molecule has 0 aromatic carbocycles. The van der Waals surface area contributed by atoms with Crippen LogP contribution in [0, 0.1) is 6.92 Å². The van der Waals surface area contributed by atoms with E-state index >= 15 is 0 Å². The minimum atomic E-state index is 0.0323. The highest BCUT2D eigenvalue weighted by molar-refractivity contribution is 5.22. The molecule has 0 radical (unpaired) electrons. The third-order valence-corrected chi connectivity index (χ3v) is 2.70. The molecule has 0 saturated carbocycles. The van der Waals surface area contributed by atoms with Gasteiger partial charge in [-0.3, -0.25) is 14.6 Å². The predicted molar refractivity (Wildman–Crippen MR) is 65.6 cm³/mol. The standard InChI is InChI=1S/C12H17N5/c1-4-17-11(7-9(2)16-17)12(13-3)10-8-14-5-6-15-10/h5-8,12-13H,4H2,1-3H3. The highest BCUT2D eigenvalue weighted by Gasteiger charge is 2.18. The van der Waals surface area contributed by atoms with Crippen molar-refractivity contribution in [1.82, 2.24) is 25.1 Å². The van der Waals surface area contributed by atoms with E-state index in [2.05, 4.69) is 33.4 Å². The van der Waals surface area contributed by atoms with Crippen molar-refractivity contribution < 1.29 is 0 Å². The molecule has 0 fully saturated rings. The van der Waals surface area contributed by atoms with Gasteiger partial charge in [0, 0.05) is 18.9 Å². The van der Waals surface area contributed by atoms with E-state index in [4.69, 9.17) is 0 Å². The second-order valence-electron chi connectivity index (χ2n) is 3.88. The molecule has 0 aliphatic heterocycles. The molecule has 2 aromatic rings. The van der Waals surface area contributed by atoms with Gasteiger partial charge >= 0.3 is 0 Å². The molecular weight excluding hydrogens is 214 g/mol. The van der Waals surface area contributed by atoms with E-state index in [0.29, 0.717) is 0 Å². The van der Waals surface area contributed by atoms with Gasteiger partial charge in [0.1, 0.15) is 0 Å². The van der Waals surface area contributed by atoms with Gasteiger partial charge in [0.2, 0.25) is 0 Å². The van der Waals surface area contributed by atoms with E-state index in [9.17, 15) is 0 Å². The van der Waals surface area contributed by atoms with Crippen LogP contribution in [-0.4, -0.2) is 26.8 Å². The number of nitrogens with one attached hydrogen (secondary N) is 1. The van der Waals surface area contributed by atoms with E-state index in [1.165, 1.54) is 0 Å². The number of aromatic nitrogens is 4. The predicted octanol–water partition coefficient (Wildman–Crippen LogP) is 1.31. The summed E-state index contributed by atoms with van der Waals surface area (Å²) in [4.78, 5) is 8.45. The lowest BCUT2D eigenvalue weighted by Gasteiger charge is -2.16. The van der Waals surface area contributed by atoms with Crippen LogP contribution < -0.4 is 5.32 Å². The van der Waals surface area contributed by atoms with E-state index in [0.717, 1.165) is 23.6 Å². The molecule has 1 N–H and O–H groups in total. The lowest BCUT2D eigenvalue weighted by Crippen LogP contribution is -2.22. The lowest BCUT2D eigenvalue weighted by molar-refractivity contribution is 0.553. The molecule has 0 saturated heterocycles. The topological polar surface area (TPSA) is 55.6 Å². The Labute approximate surface area is 101 Å². The van der Waals surface area contributed by atoms with E-state index in [1.54, 1.807) is 18.6 Å². The van der Waals surface area contributed by atoms with Gasteiger partial charge < -0.3 is 5.32 Å². The first-order valence-corrected chi connectivity index (χ1v) is 5.73. The average molecular weight is 231 g/mol. The largest absolute Gasteiger partial charge is 0.307 e. The van der Waals surface area contributed by atoms with Crippen molar-refractivity contribution in [2.45, 2.75) is 26.4 Å². The van der Waals surface area contributed by atoms with E-state index in [-0.39, 0.29) is 6.04 Å². The summed E-state index contributed by atoms with van der Waals surface area (Å²) in [5.41, 5.74) is 3.04. The van der Waals surface area contributed by atoms with E-state index in [1.807, 2.05) is 18.7 Å². The maximum atomic E-state index is 4.45. The minimum absolute atomic E-state index is 0.0323. The Kier molecular flexibility index (Phi) is 3.49. The number of hydrogen-bond donors (Lipinski definition) is 1. The van der Waals surface area contributed by atoms with Gasteiger partial charge in [0.25, 0.3) is 0 Å². The van der Waals surface area contributed by atoms with Crippen LogP contribution in [0.1, 0.15) is 30.0 Å². The maximum absolute atomic E-state index is 4.45. The Balaban J connectivity index is 2.42. The van der Waals surface area contributed by atoms with Gasteiger partial charge in [-0.2, -0.15) is 5.10 Å². The van der Waals surface area contributed by atoms with Crippen LogP contribution in [0.2, 0.25) is 0 Å². The van der Waals surface area contributed by atoms with Crippen LogP contribution in [-0.2, 0) is 6.54 Å². The highest BCUT2D eigenvalue weighted by atomic mass is 15.3. The van der Waals surface area contributed by atoms with Crippen molar-refractivity contribution >= 4 is 0 Å². The summed E-state index contributed by atoms with van der Waals surface area (Å²) in [6.07, 6.45) is 5.17. The SMILES string of the molecule is CCn1nc(C)cc1C(NC)c1cnccn1. The zero-order valence-electron chi connectivity index (χ0n) is 10.4. The van der Waals surface area contributed by atoms with Gasteiger partial charge in [-0.15, -0.1) is 0 Å². The molecule has 2 rings (SSSR count). The molecule has 0 bridgehead atoms. The molecule has 0 spiro atoms. The van der Waals surface area contributed by atoms with Crippen LogP contribution in [0.4, 0.5) is 0 Å². The second-order valence-corrected chi connectivity index (χ2v) is 3.88. The van der Waals surface area contributed by atoms with Crippen molar-refractivity contribution in [2.24, 2.45) is 0 Å². The fourth-order valence-electron chi connectivity index (χ4n) is 1.96. The first-order valence-electron chi connectivity index (χ1n) is 5.73. The monoisotopic (exact) mass is 231 g/mol. The van der Waals surface area contributed by atoms with Gasteiger partial charge in [-0.1, -0.05) is 0 Å². The normalized spacial score (nSPS) is 12.6. The summed E-state index contributed by atoms with van der Waals surface area (Å²) in [5.74, 6) is 0. The molecule has 2 aromatic heterocycles. The molecular formula is C12H17N5. The minimum Gasteiger partial charge on any atom is -0.307 e. The molecule has 0 aliphatic carbocycles. The van der Waals surface area contributed by atoms with Crippen molar-refractivity contribution in [3.63, 3.8) is 0 Å². The lowest BCUT2D eigenvalue weighted by atomic mass is 10.1. The number of aryl methyl sites for hydroxylation is 2. The van der Waals surface area contributed by atoms with Crippen LogP contribution in [0.15, 0.2) is 24.7 Å². The number of hydrogen-bond acceptors (Lipinski definition) is 4. The molecule has 1 atom stereocenters. The van der Waals surface area contributed by atoms with Crippen LogP contribution in [0.5, 0.6) is 0 Å². The summed E-state index contributed by atoms with van der Waals surface area (Å²) in [7, 11) is 1.92. The molecule has 90 valence electrons. The van der Waals surface area contributed by atoms with Gasteiger partial charge in [0.05, 0.1) is 29.3 Å². The van der Waals surface area contributed by atoms with Gasteiger partial charge in [-0.05, 0) is 27.0 Å². The van der Waals surface area contributed by atoms with Crippen LogP contribution in [0.3, 0.4) is 0 Å². The summed E-state index contributed by atoms with van der Waals surface area (Å²) in [6, 6.07) is 2.11. The molecule has 5 nitrogen and oxygen atoms in total. The molecule has 0 amide bonds. The highest BCUT2D eigenvalue weighted by Crippen LogP contribution is 2.20. The first kappa shape index (κ1) is 11.7. The third-order valence-electron chi connectivity index (χ3n) is 2.70. The molecule has 2 heterocycles. The van der Waals surface area contributed by atoms with Crippen molar-refractivity contribution in [3.8, 4) is 0 Å². The Morgan fingerprint density at radius 1 is 1.41 bits per heavy atom. The van der Waals surface area contributed by atoms with E-state index < -0.39 is 0 Å². The molecule has 1 unspecified atom stereocenters. The number of nitrogens with zero attached hydrogens (tertiary/aromatic N) is 4. The molecule has 0 aliphatic rings. The smallest absolute Gasteiger partial charge is 0.0935 e. The zero-order chi connectivity index (χ0) is 12.3. The van der Waals surface area contributed by atoms with Crippen LogP contribution in [0.25, 0.3) is 0 Å². The van der Waals surface area contributed by atoms with Crippen LogP contribution >= 0.6 is 0 Å². The number of rotatable bonds is 4. The van der Waals surface area contributed by atoms with Crippen molar-refractivity contribution in [3.05, 3.63) is 41.7 Å². The zero-order valence-corrected chi connectivity index (χ0v) is 10.4. The Hall–Kier alpha value is -1.75. The third kappa shape index (κ3) is 2.34. The fourth-order valence-corrected chi connectivity index (χ4v) is 1.96. The Bertz CT molecular complexity index is 477. The van der Waals surface area contributed by atoms with Gasteiger partial charge in [-0.25, -0.2) is 0 Å². The quantitative estimate of drug-likeness (QED) is 0.862. The van der Waals surface area contributed by atoms with Crippen molar-refractivity contribution in [1.29, 1.82) is 0 Å². The summed E-state index contributed by atoms with van der Waals surface area (Å²) >= 11 is 0. The fraction of sp³-hybridized carbons (Fsp3) is 0.417. The average Bonchev–Trinajstić information content (AvgIpc) is 2.73. The van der Waals surface area contributed by atoms with Gasteiger partial charge in [0.15, 0.2) is 0 Å². The maximum Gasteiger partial charge on any atom is 0.0935 e. The Morgan fingerprint density at radius 2 is 2.24 bits per heavy atom. The van der Waals surface area contributed by atoms with Crippen molar-refractivity contribution in [2.75, 3.05) is 7.05 Å². The molecule has 5 heteroatoms. The summed E-state index contributed by atoms with van der Waals surface area (Å²) in [6.45, 7) is 4.93. The molecule has 17 heavy (non-hydrogen) atoms. The Morgan fingerprint density at radius 3 is 2.82 bits per heavy atom. The summed E-state index contributed by atoms with van der Waals surface area (Å²) in [5, 5.41) is 7.71. The summed E-state index contributed by atoms with van der Waals surface area (Å²) < 4.78 is 1.99. The first-order chi connectivity index (χ1) is 8.26. The second kappa shape index (κ2) is 5.05.